The van der Waals surface area contributed by atoms with Gasteiger partial charge in [0.2, 0.25) is 0 Å². The summed E-state index contributed by atoms with van der Waals surface area (Å²) in [5.74, 6) is -0.806. The molecule has 0 bridgehead atoms. The van der Waals surface area contributed by atoms with Gasteiger partial charge in [0, 0.05) is 22.2 Å². The second kappa shape index (κ2) is 9.65. The molecule has 0 heterocycles. The van der Waals surface area contributed by atoms with Gasteiger partial charge in [-0.3, -0.25) is 4.79 Å². The van der Waals surface area contributed by atoms with Crippen molar-refractivity contribution in [3.8, 4) is 16.9 Å². The minimum Gasteiger partial charge on any atom is -0.496 e. The average Bonchev–Trinajstić information content (AvgIpc) is 2.74. The molecule has 7 heteroatoms. The summed E-state index contributed by atoms with van der Waals surface area (Å²) in [6.45, 7) is 0.446. The molecule has 154 valence electrons. The highest BCUT2D eigenvalue weighted by Crippen LogP contribution is 2.29. The number of carboxylic acid groups (broad SMARTS) is 1. The summed E-state index contributed by atoms with van der Waals surface area (Å²) in [5, 5.41) is 12.8. The highest BCUT2D eigenvalue weighted by atomic mass is 35.5. The summed E-state index contributed by atoms with van der Waals surface area (Å²) in [6, 6.07) is 17.3. The fourth-order valence-corrected chi connectivity index (χ4v) is 3.47. The number of hydrogen-bond acceptors (Lipinski definition) is 3. The van der Waals surface area contributed by atoms with Crippen LogP contribution in [0.2, 0.25) is 10.0 Å². The highest BCUT2D eigenvalue weighted by molar-refractivity contribution is 6.33. The Bertz CT molecular complexity index is 1080. The molecule has 0 saturated carbocycles. The van der Waals surface area contributed by atoms with E-state index in [0.29, 0.717) is 34.3 Å². The van der Waals surface area contributed by atoms with Crippen molar-refractivity contribution in [2.75, 3.05) is 13.7 Å². The first-order valence-electron chi connectivity index (χ1n) is 9.13. The van der Waals surface area contributed by atoms with Crippen LogP contribution in [0, 0.1) is 0 Å². The van der Waals surface area contributed by atoms with E-state index in [2.05, 4.69) is 5.32 Å². The van der Waals surface area contributed by atoms with Crippen LogP contribution in [0.3, 0.4) is 0 Å². The lowest BCUT2D eigenvalue weighted by atomic mass is 10.0. The van der Waals surface area contributed by atoms with E-state index in [1.165, 1.54) is 19.2 Å². The molecule has 0 aliphatic rings. The number of nitrogens with one attached hydrogen (secondary N) is 1. The number of benzene rings is 3. The fourth-order valence-electron chi connectivity index (χ4n) is 3.01. The fraction of sp³-hybridized carbons (Fsp3) is 0.130. The quantitative estimate of drug-likeness (QED) is 0.516. The van der Waals surface area contributed by atoms with Crippen LogP contribution in [0.25, 0.3) is 11.1 Å². The van der Waals surface area contributed by atoms with Gasteiger partial charge in [-0.25, -0.2) is 4.79 Å². The van der Waals surface area contributed by atoms with Gasteiger partial charge in [0.05, 0.1) is 18.2 Å². The number of ether oxygens (including phenoxy) is 1. The Balaban J connectivity index is 1.62. The van der Waals surface area contributed by atoms with Crippen molar-refractivity contribution < 1.29 is 19.4 Å². The maximum atomic E-state index is 12.4. The SMILES string of the molecule is COc1ccc(Cl)cc1C(=O)NCCc1ccc(-c2ccc(C(=O)O)cc2Cl)cc1. The Morgan fingerprint density at radius 1 is 1.00 bits per heavy atom. The first kappa shape index (κ1) is 21.7. The summed E-state index contributed by atoms with van der Waals surface area (Å²) < 4.78 is 5.21. The summed E-state index contributed by atoms with van der Waals surface area (Å²) in [4.78, 5) is 23.4. The summed E-state index contributed by atoms with van der Waals surface area (Å²) in [6.07, 6.45) is 0.639. The van der Waals surface area contributed by atoms with Crippen molar-refractivity contribution in [1.82, 2.24) is 5.32 Å². The molecular weight excluding hydrogens is 425 g/mol. The van der Waals surface area contributed by atoms with Gasteiger partial charge in [0.25, 0.3) is 5.91 Å². The Morgan fingerprint density at radius 2 is 1.73 bits per heavy atom. The Kier molecular flexibility index (Phi) is 6.98. The predicted molar refractivity (Wildman–Crippen MR) is 118 cm³/mol. The molecule has 0 unspecified atom stereocenters. The number of aromatic carboxylic acids is 1. The van der Waals surface area contributed by atoms with Crippen LogP contribution in [-0.2, 0) is 6.42 Å². The van der Waals surface area contributed by atoms with E-state index in [-0.39, 0.29) is 11.5 Å². The van der Waals surface area contributed by atoms with Crippen molar-refractivity contribution in [1.29, 1.82) is 0 Å². The average molecular weight is 444 g/mol. The Labute approximate surface area is 184 Å². The largest absolute Gasteiger partial charge is 0.496 e. The van der Waals surface area contributed by atoms with Crippen molar-refractivity contribution in [3.63, 3.8) is 0 Å². The molecule has 3 aromatic rings. The zero-order valence-corrected chi connectivity index (χ0v) is 17.6. The third-order valence-corrected chi connectivity index (χ3v) is 5.13. The molecule has 5 nitrogen and oxygen atoms in total. The zero-order chi connectivity index (χ0) is 21.7. The van der Waals surface area contributed by atoms with E-state index in [1.807, 2.05) is 24.3 Å². The molecule has 30 heavy (non-hydrogen) atoms. The van der Waals surface area contributed by atoms with Crippen LogP contribution in [0.5, 0.6) is 5.75 Å². The van der Waals surface area contributed by atoms with Crippen LogP contribution in [0.1, 0.15) is 26.3 Å². The van der Waals surface area contributed by atoms with E-state index in [9.17, 15) is 9.59 Å². The third kappa shape index (κ3) is 5.12. The van der Waals surface area contributed by atoms with Gasteiger partial charge in [0.15, 0.2) is 0 Å². The van der Waals surface area contributed by atoms with Crippen LogP contribution in [-0.4, -0.2) is 30.6 Å². The molecule has 0 aliphatic heterocycles. The van der Waals surface area contributed by atoms with Crippen LogP contribution in [0.15, 0.2) is 60.7 Å². The first-order chi connectivity index (χ1) is 14.4. The highest BCUT2D eigenvalue weighted by Gasteiger charge is 2.13. The number of halogens is 2. The van der Waals surface area contributed by atoms with Gasteiger partial charge in [-0.05, 0) is 47.9 Å². The van der Waals surface area contributed by atoms with Crippen LogP contribution >= 0.6 is 23.2 Å². The molecule has 0 saturated heterocycles. The molecule has 0 fully saturated rings. The molecule has 0 aliphatic carbocycles. The Hall–Kier alpha value is -3.02. The predicted octanol–water partition coefficient (Wildman–Crippen LogP) is 5.34. The summed E-state index contributed by atoms with van der Waals surface area (Å²) in [5.41, 5.74) is 3.21. The number of carboxylic acids is 1. The number of hydrogen-bond donors (Lipinski definition) is 2. The number of amides is 1. The lowest BCUT2D eigenvalue weighted by molar-refractivity contribution is 0.0696. The number of carbonyl (C=O) groups excluding carboxylic acids is 1. The topological polar surface area (TPSA) is 75.6 Å². The van der Waals surface area contributed by atoms with Crippen molar-refractivity contribution >= 4 is 35.1 Å². The minimum absolute atomic E-state index is 0.146. The maximum absolute atomic E-state index is 12.4. The molecular formula is C23H19Cl2NO4. The molecule has 0 atom stereocenters. The van der Waals surface area contributed by atoms with Gasteiger partial charge >= 0.3 is 5.97 Å². The maximum Gasteiger partial charge on any atom is 0.335 e. The first-order valence-corrected chi connectivity index (χ1v) is 9.88. The number of rotatable bonds is 7. The van der Waals surface area contributed by atoms with E-state index < -0.39 is 5.97 Å². The molecule has 3 rings (SSSR count). The molecule has 2 N–H and O–H groups in total. The third-order valence-electron chi connectivity index (χ3n) is 4.59. The molecule has 0 aromatic heterocycles. The van der Waals surface area contributed by atoms with E-state index >= 15 is 0 Å². The van der Waals surface area contributed by atoms with Crippen molar-refractivity contribution in [2.24, 2.45) is 0 Å². The van der Waals surface area contributed by atoms with Gasteiger partial charge in [0.1, 0.15) is 5.75 Å². The molecule has 0 radical (unpaired) electrons. The summed E-state index contributed by atoms with van der Waals surface area (Å²) in [7, 11) is 1.50. The Morgan fingerprint density at radius 3 is 2.37 bits per heavy atom. The van der Waals surface area contributed by atoms with Crippen LogP contribution in [0.4, 0.5) is 0 Å². The smallest absolute Gasteiger partial charge is 0.335 e. The van der Waals surface area contributed by atoms with Gasteiger partial charge < -0.3 is 15.2 Å². The van der Waals surface area contributed by atoms with Crippen molar-refractivity contribution in [2.45, 2.75) is 6.42 Å². The van der Waals surface area contributed by atoms with E-state index in [1.54, 1.807) is 24.3 Å². The van der Waals surface area contributed by atoms with Gasteiger partial charge in [-0.2, -0.15) is 0 Å². The zero-order valence-electron chi connectivity index (χ0n) is 16.1. The molecule has 1 amide bonds. The van der Waals surface area contributed by atoms with Crippen molar-refractivity contribution in [3.05, 3.63) is 87.4 Å². The second-order valence-electron chi connectivity index (χ2n) is 6.55. The van der Waals surface area contributed by atoms with Crippen LogP contribution < -0.4 is 10.1 Å². The van der Waals surface area contributed by atoms with Gasteiger partial charge in [-0.15, -0.1) is 0 Å². The normalized spacial score (nSPS) is 10.5. The van der Waals surface area contributed by atoms with E-state index in [4.69, 9.17) is 33.0 Å². The summed E-state index contributed by atoms with van der Waals surface area (Å²) >= 11 is 12.2. The second-order valence-corrected chi connectivity index (χ2v) is 7.39. The molecule has 3 aromatic carbocycles. The number of methoxy groups -OCH3 is 1. The standard InChI is InChI=1S/C23H19Cl2NO4/c1-30-21-9-7-17(24)13-19(21)22(27)26-11-10-14-2-4-15(5-3-14)18-8-6-16(23(28)29)12-20(18)25/h2-9,12-13H,10-11H2,1H3,(H,26,27)(H,28,29). The molecule has 0 spiro atoms. The van der Waals surface area contributed by atoms with E-state index in [0.717, 1.165) is 16.7 Å². The number of carbonyl (C=O) groups is 2. The lowest BCUT2D eigenvalue weighted by Gasteiger charge is -2.10. The van der Waals surface area contributed by atoms with Gasteiger partial charge in [-0.1, -0.05) is 53.5 Å². The monoisotopic (exact) mass is 443 g/mol. The minimum atomic E-state index is -1.02. The lowest BCUT2D eigenvalue weighted by Crippen LogP contribution is -2.26.